The highest BCUT2D eigenvalue weighted by Gasteiger charge is 2.25. The third kappa shape index (κ3) is 2.22. The van der Waals surface area contributed by atoms with Gasteiger partial charge in [-0.15, -0.1) is 5.28 Å². The minimum absolute atomic E-state index is 0.300. The van der Waals surface area contributed by atoms with E-state index < -0.39 is 0 Å². The molecule has 0 spiro atoms. The van der Waals surface area contributed by atoms with Crippen LogP contribution in [0.15, 0.2) is 24.3 Å². The summed E-state index contributed by atoms with van der Waals surface area (Å²) in [5.41, 5.74) is 0.940. The van der Waals surface area contributed by atoms with Gasteiger partial charge in [-0.3, -0.25) is 14.9 Å². The summed E-state index contributed by atoms with van der Waals surface area (Å²) in [4.78, 5) is 21.9. The molecule has 0 fully saturated rings. The highest BCUT2D eigenvalue weighted by molar-refractivity contribution is 6.21. The van der Waals surface area contributed by atoms with Gasteiger partial charge in [0.1, 0.15) is 16.3 Å². The molecule has 2 radical (unpaired) electrons. The fraction of sp³-hybridized carbons (Fsp3) is 0.200. The molecule has 0 aliphatic carbocycles. The number of nitrogens with one attached hydrogen (secondary N) is 1. The standard InChI is InChI=1S/C8H5NO2.C2H5.Al/c10-7-5-3-1-2-4-6(5)8(11)9-7;1-2;/h1-4H,(H,9,10,11);1H2,2H3;. The van der Waals surface area contributed by atoms with Gasteiger partial charge in [-0.25, -0.2) is 0 Å². The SMILES string of the molecule is C[CH2][Al].O=C1NC(=O)c2ccccc21. The molecule has 70 valence electrons. The molecule has 2 rings (SSSR count). The molecule has 3 nitrogen and oxygen atoms in total. The van der Waals surface area contributed by atoms with Crippen molar-refractivity contribution in [3.8, 4) is 0 Å². The summed E-state index contributed by atoms with van der Waals surface area (Å²) in [6.07, 6.45) is 0. The van der Waals surface area contributed by atoms with Crippen LogP contribution in [0.2, 0.25) is 5.28 Å². The summed E-state index contributed by atoms with van der Waals surface area (Å²) in [6, 6.07) is 6.74. The van der Waals surface area contributed by atoms with Crippen LogP contribution in [0.5, 0.6) is 0 Å². The van der Waals surface area contributed by atoms with E-state index in [4.69, 9.17) is 0 Å². The second-order valence-corrected chi connectivity index (χ2v) is 3.55. The fourth-order valence-electron chi connectivity index (χ4n) is 1.12. The Morgan fingerprint density at radius 3 is 1.86 bits per heavy atom. The van der Waals surface area contributed by atoms with E-state index in [9.17, 15) is 9.59 Å². The van der Waals surface area contributed by atoms with Gasteiger partial charge in [0.25, 0.3) is 11.8 Å². The van der Waals surface area contributed by atoms with E-state index >= 15 is 0 Å². The third-order valence-electron chi connectivity index (χ3n) is 1.64. The first-order valence-corrected chi connectivity index (χ1v) is 5.17. The number of rotatable bonds is 0. The van der Waals surface area contributed by atoms with E-state index in [1.807, 2.05) is 0 Å². The van der Waals surface area contributed by atoms with Gasteiger partial charge in [0, 0.05) is 0 Å². The zero-order valence-corrected chi connectivity index (χ0v) is 9.07. The maximum Gasteiger partial charge on any atom is 0.258 e. The highest BCUT2D eigenvalue weighted by atomic mass is 27.0. The third-order valence-corrected chi connectivity index (χ3v) is 1.64. The van der Waals surface area contributed by atoms with Gasteiger partial charge in [-0.05, 0) is 12.1 Å². The number of hydrogen-bond acceptors (Lipinski definition) is 2. The van der Waals surface area contributed by atoms with Crippen LogP contribution >= 0.6 is 0 Å². The Kier molecular flexibility index (Phi) is 3.87. The number of hydrogen-bond donors (Lipinski definition) is 1. The summed E-state index contributed by atoms with van der Waals surface area (Å²) < 4.78 is 0. The predicted molar refractivity (Wildman–Crippen MR) is 54.5 cm³/mol. The quantitative estimate of drug-likeness (QED) is 0.508. The average molecular weight is 203 g/mol. The molecule has 0 aromatic heterocycles. The normalized spacial score (nSPS) is 12.6. The van der Waals surface area contributed by atoms with Gasteiger partial charge in [-0.2, -0.15) is 0 Å². The minimum Gasteiger partial charge on any atom is -0.288 e. The van der Waals surface area contributed by atoms with Crippen molar-refractivity contribution < 1.29 is 9.59 Å². The summed E-state index contributed by atoms with van der Waals surface area (Å²) in [5.74, 6) is -0.601. The molecule has 4 heteroatoms. The van der Waals surface area contributed by atoms with Crippen LogP contribution in [-0.4, -0.2) is 28.1 Å². The lowest BCUT2D eigenvalue weighted by Crippen LogP contribution is -2.19. The van der Waals surface area contributed by atoms with Crippen molar-refractivity contribution in [2.75, 3.05) is 0 Å². The van der Waals surface area contributed by atoms with Gasteiger partial charge in [-0.1, -0.05) is 19.1 Å². The Balaban J connectivity index is 0.000000293. The Morgan fingerprint density at radius 2 is 1.50 bits per heavy atom. The topological polar surface area (TPSA) is 46.2 Å². The lowest BCUT2D eigenvalue weighted by Gasteiger charge is -1.88. The van der Waals surface area contributed by atoms with Crippen molar-refractivity contribution in [2.24, 2.45) is 0 Å². The molecule has 1 aromatic carbocycles. The predicted octanol–water partition coefficient (Wildman–Crippen LogP) is 1.16. The van der Waals surface area contributed by atoms with Gasteiger partial charge >= 0.3 is 0 Å². The van der Waals surface area contributed by atoms with Gasteiger partial charge in [0.2, 0.25) is 0 Å². The average Bonchev–Trinajstić information content (AvgIpc) is 2.45. The molecular weight excluding hydrogens is 193 g/mol. The van der Waals surface area contributed by atoms with Gasteiger partial charge < -0.3 is 0 Å². The molecule has 14 heavy (non-hydrogen) atoms. The molecule has 0 bridgehead atoms. The van der Waals surface area contributed by atoms with E-state index in [0.29, 0.717) is 11.1 Å². The van der Waals surface area contributed by atoms with E-state index in [1.54, 1.807) is 24.3 Å². The number of fused-ring (bicyclic) bond motifs is 1. The summed E-state index contributed by atoms with van der Waals surface area (Å²) >= 11 is 2.58. The zero-order chi connectivity index (χ0) is 10.6. The number of imide groups is 1. The maximum absolute atomic E-state index is 10.9. The molecule has 1 aliphatic rings. The summed E-state index contributed by atoms with van der Waals surface area (Å²) in [7, 11) is 0. The molecule has 1 aromatic rings. The first-order chi connectivity index (χ1) is 6.70. The van der Waals surface area contributed by atoms with E-state index in [1.165, 1.54) is 5.28 Å². The van der Waals surface area contributed by atoms with Crippen molar-refractivity contribution >= 4 is 28.1 Å². The van der Waals surface area contributed by atoms with Crippen LogP contribution in [0.4, 0.5) is 0 Å². The smallest absolute Gasteiger partial charge is 0.258 e. The van der Waals surface area contributed by atoms with Crippen LogP contribution in [-0.2, 0) is 0 Å². The van der Waals surface area contributed by atoms with Crippen LogP contribution in [0.3, 0.4) is 0 Å². The Bertz CT molecular complexity index is 330. The molecule has 0 saturated carbocycles. The number of amides is 2. The van der Waals surface area contributed by atoms with Crippen LogP contribution < -0.4 is 5.32 Å². The molecule has 0 saturated heterocycles. The van der Waals surface area contributed by atoms with Crippen molar-refractivity contribution in [1.82, 2.24) is 5.32 Å². The Hall–Kier alpha value is -1.11. The number of carbonyl (C=O) groups excluding carboxylic acids is 2. The molecule has 1 heterocycles. The minimum atomic E-state index is -0.300. The van der Waals surface area contributed by atoms with Crippen molar-refractivity contribution in [3.63, 3.8) is 0 Å². The second kappa shape index (κ2) is 4.94. The highest BCUT2D eigenvalue weighted by Crippen LogP contribution is 2.13. The van der Waals surface area contributed by atoms with Crippen LogP contribution in [0.25, 0.3) is 0 Å². The van der Waals surface area contributed by atoms with Crippen molar-refractivity contribution in [3.05, 3.63) is 35.4 Å². The molecule has 0 unspecified atom stereocenters. The van der Waals surface area contributed by atoms with E-state index in [0.717, 1.165) is 0 Å². The van der Waals surface area contributed by atoms with E-state index in [2.05, 4.69) is 28.5 Å². The number of benzene rings is 1. The molecular formula is C10H10AlNO2. The second-order valence-electron chi connectivity index (χ2n) is 2.74. The first-order valence-electron chi connectivity index (χ1n) is 4.35. The largest absolute Gasteiger partial charge is 0.288 e. The maximum atomic E-state index is 10.9. The molecule has 1 N–H and O–H groups in total. The Morgan fingerprint density at radius 1 is 1.14 bits per heavy atom. The van der Waals surface area contributed by atoms with Gasteiger partial charge in [0.05, 0.1) is 11.1 Å². The lowest BCUT2D eigenvalue weighted by molar-refractivity contribution is 0.0879. The van der Waals surface area contributed by atoms with Crippen LogP contribution in [0.1, 0.15) is 27.6 Å². The summed E-state index contributed by atoms with van der Waals surface area (Å²) in [5, 5.41) is 3.37. The van der Waals surface area contributed by atoms with Crippen LogP contribution in [0, 0.1) is 0 Å². The van der Waals surface area contributed by atoms with E-state index in [-0.39, 0.29) is 11.8 Å². The fourth-order valence-corrected chi connectivity index (χ4v) is 1.12. The Labute approximate surface area is 90.9 Å². The lowest BCUT2D eigenvalue weighted by atomic mass is 10.1. The monoisotopic (exact) mass is 203 g/mol. The summed E-state index contributed by atoms with van der Waals surface area (Å²) in [6.45, 7) is 2.09. The van der Waals surface area contributed by atoms with Crippen molar-refractivity contribution in [2.45, 2.75) is 12.2 Å². The number of carbonyl (C=O) groups is 2. The molecule has 0 atom stereocenters. The van der Waals surface area contributed by atoms with Gasteiger partial charge in [0.15, 0.2) is 0 Å². The molecule has 1 aliphatic heterocycles. The van der Waals surface area contributed by atoms with Crippen molar-refractivity contribution in [1.29, 1.82) is 0 Å². The zero-order valence-electron chi connectivity index (χ0n) is 7.91. The first kappa shape index (κ1) is 11.0. The molecule has 2 amide bonds.